The van der Waals surface area contributed by atoms with Crippen molar-refractivity contribution < 1.29 is 29.6 Å². The first kappa shape index (κ1) is 15.2. The lowest BCUT2D eigenvalue weighted by atomic mass is 9.72. The van der Waals surface area contributed by atoms with Crippen LogP contribution < -0.4 is 0 Å². The molecule has 2 heterocycles. The van der Waals surface area contributed by atoms with Crippen LogP contribution in [0.25, 0.3) is 0 Å². The van der Waals surface area contributed by atoms with Gasteiger partial charge in [0.2, 0.25) is 0 Å². The predicted molar refractivity (Wildman–Crippen MR) is 68.4 cm³/mol. The van der Waals surface area contributed by atoms with E-state index in [2.05, 4.69) is 0 Å². The maximum atomic E-state index is 11.3. The summed E-state index contributed by atoms with van der Waals surface area (Å²) in [6.07, 6.45) is 1.47. The molecule has 2 atom stereocenters. The molecule has 20 heavy (non-hydrogen) atoms. The van der Waals surface area contributed by atoms with E-state index in [9.17, 15) is 19.8 Å². The van der Waals surface area contributed by atoms with Crippen molar-refractivity contribution >= 4 is 11.9 Å². The van der Waals surface area contributed by atoms with E-state index in [1.165, 1.54) is 0 Å². The molecule has 2 aliphatic heterocycles. The van der Waals surface area contributed by atoms with Crippen molar-refractivity contribution in [3.05, 3.63) is 0 Å². The van der Waals surface area contributed by atoms with E-state index in [4.69, 9.17) is 9.84 Å². The zero-order valence-electron chi connectivity index (χ0n) is 11.3. The number of aliphatic hydroxyl groups excluding tert-OH is 1. The minimum atomic E-state index is -1.55. The summed E-state index contributed by atoms with van der Waals surface area (Å²) in [7, 11) is 0. The summed E-state index contributed by atoms with van der Waals surface area (Å²) in [6.45, 7) is 1.69. The highest BCUT2D eigenvalue weighted by Gasteiger charge is 2.43. The van der Waals surface area contributed by atoms with Crippen molar-refractivity contribution in [2.45, 2.75) is 37.8 Å². The molecule has 0 aliphatic carbocycles. The third-order valence-electron chi connectivity index (χ3n) is 4.46. The van der Waals surface area contributed by atoms with E-state index in [0.29, 0.717) is 26.2 Å². The molecule has 0 aromatic carbocycles. The van der Waals surface area contributed by atoms with Gasteiger partial charge in [-0.05, 0) is 31.1 Å². The minimum Gasteiger partial charge on any atom is -0.480 e. The lowest BCUT2D eigenvalue weighted by Gasteiger charge is -2.47. The summed E-state index contributed by atoms with van der Waals surface area (Å²) in [5, 5.41) is 27.6. The second kappa shape index (κ2) is 6.07. The van der Waals surface area contributed by atoms with Gasteiger partial charge in [0, 0.05) is 26.3 Å². The SMILES string of the molecule is O=C(O)C(O)CN1CC2(CCOCC2)CCC1C(=O)O. The molecule has 0 radical (unpaired) electrons. The summed E-state index contributed by atoms with van der Waals surface area (Å²) >= 11 is 0. The molecule has 0 amide bonds. The van der Waals surface area contributed by atoms with E-state index in [1.807, 2.05) is 0 Å². The van der Waals surface area contributed by atoms with E-state index in [-0.39, 0.29) is 12.0 Å². The maximum absolute atomic E-state index is 11.3. The van der Waals surface area contributed by atoms with Crippen molar-refractivity contribution in [2.24, 2.45) is 5.41 Å². The number of likely N-dealkylation sites (tertiary alicyclic amines) is 1. The fraction of sp³-hybridized carbons (Fsp3) is 0.846. The second-order valence-electron chi connectivity index (χ2n) is 5.79. The smallest absolute Gasteiger partial charge is 0.333 e. The summed E-state index contributed by atoms with van der Waals surface area (Å²) in [5.41, 5.74) is 0.00240. The average molecular weight is 287 g/mol. The van der Waals surface area contributed by atoms with Crippen molar-refractivity contribution in [1.82, 2.24) is 4.90 Å². The van der Waals surface area contributed by atoms with Gasteiger partial charge >= 0.3 is 11.9 Å². The molecule has 114 valence electrons. The highest BCUT2D eigenvalue weighted by atomic mass is 16.5. The van der Waals surface area contributed by atoms with E-state index < -0.39 is 24.1 Å². The molecule has 7 heteroatoms. The van der Waals surface area contributed by atoms with Crippen LogP contribution in [0.5, 0.6) is 0 Å². The number of piperidine rings is 1. The van der Waals surface area contributed by atoms with E-state index >= 15 is 0 Å². The van der Waals surface area contributed by atoms with Crippen molar-refractivity contribution in [2.75, 3.05) is 26.3 Å². The summed E-state index contributed by atoms with van der Waals surface area (Å²) < 4.78 is 5.35. The zero-order chi connectivity index (χ0) is 14.8. The van der Waals surface area contributed by atoms with Crippen LogP contribution in [0.1, 0.15) is 25.7 Å². The molecule has 1 spiro atoms. The van der Waals surface area contributed by atoms with Crippen molar-refractivity contribution in [3.63, 3.8) is 0 Å². The van der Waals surface area contributed by atoms with Gasteiger partial charge in [-0.15, -0.1) is 0 Å². The molecule has 0 aromatic rings. The quantitative estimate of drug-likeness (QED) is 0.656. The molecule has 2 rings (SSSR count). The Morgan fingerprint density at radius 1 is 1.25 bits per heavy atom. The average Bonchev–Trinajstić information content (AvgIpc) is 2.39. The third-order valence-corrected chi connectivity index (χ3v) is 4.46. The Bertz CT molecular complexity index is 379. The molecule has 7 nitrogen and oxygen atoms in total. The van der Waals surface area contributed by atoms with Crippen LogP contribution in [-0.4, -0.2) is 70.6 Å². The van der Waals surface area contributed by atoms with Gasteiger partial charge < -0.3 is 20.1 Å². The Morgan fingerprint density at radius 3 is 2.45 bits per heavy atom. The molecule has 0 bridgehead atoms. The molecule has 3 N–H and O–H groups in total. The Labute approximate surface area is 117 Å². The predicted octanol–water partition coefficient (Wildman–Crippen LogP) is -0.222. The number of hydrogen-bond donors (Lipinski definition) is 3. The Balaban J connectivity index is 2.08. The summed E-state index contributed by atoms with van der Waals surface area (Å²) in [4.78, 5) is 23.7. The van der Waals surface area contributed by atoms with Crippen LogP contribution in [0.3, 0.4) is 0 Å². The normalized spacial score (nSPS) is 28.1. The van der Waals surface area contributed by atoms with Crippen LogP contribution in [0, 0.1) is 5.41 Å². The molecule has 2 unspecified atom stereocenters. The first-order chi connectivity index (χ1) is 9.43. The van der Waals surface area contributed by atoms with Crippen LogP contribution >= 0.6 is 0 Å². The zero-order valence-corrected chi connectivity index (χ0v) is 11.3. The number of nitrogens with zero attached hydrogens (tertiary/aromatic N) is 1. The highest BCUT2D eigenvalue weighted by Crippen LogP contribution is 2.41. The topological polar surface area (TPSA) is 107 Å². The first-order valence-corrected chi connectivity index (χ1v) is 6.89. The number of ether oxygens (including phenoxy) is 1. The van der Waals surface area contributed by atoms with Crippen LogP contribution in [0.4, 0.5) is 0 Å². The van der Waals surface area contributed by atoms with E-state index in [1.54, 1.807) is 4.90 Å². The van der Waals surface area contributed by atoms with Crippen LogP contribution in [-0.2, 0) is 14.3 Å². The van der Waals surface area contributed by atoms with Gasteiger partial charge in [0.25, 0.3) is 0 Å². The largest absolute Gasteiger partial charge is 0.480 e. The Kier molecular flexibility index (Phi) is 4.62. The van der Waals surface area contributed by atoms with Crippen molar-refractivity contribution in [3.8, 4) is 0 Å². The number of carbonyl (C=O) groups is 2. The van der Waals surface area contributed by atoms with Crippen LogP contribution in [0.15, 0.2) is 0 Å². The number of aliphatic hydroxyl groups is 1. The summed E-state index contributed by atoms with van der Waals surface area (Å²) in [5.74, 6) is -2.27. The van der Waals surface area contributed by atoms with Gasteiger partial charge in [0.1, 0.15) is 6.04 Å². The first-order valence-electron chi connectivity index (χ1n) is 6.89. The molecule has 0 saturated carbocycles. The number of carboxylic acid groups (broad SMARTS) is 2. The molecular weight excluding hydrogens is 266 g/mol. The monoisotopic (exact) mass is 287 g/mol. The van der Waals surface area contributed by atoms with Gasteiger partial charge in [-0.3, -0.25) is 9.69 Å². The fourth-order valence-corrected chi connectivity index (χ4v) is 3.23. The molecule has 2 fully saturated rings. The standard InChI is InChI=1S/C13H21NO6/c15-10(12(18)19)7-14-8-13(3-5-20-6-4-13)2-1-9(14)11(16)17/h9-10,15H,1-8H2,(H,16,17)(H,18,19). The third kappa shape index (κ3) is 3.28. The van der Waals surface area contributed by atoms with Crippen molar-refractivity contribution in [1.29, 1.82) is 0 Å². The molecule has 2 aliphatic rings. The second-order valence-corrected chi connectivity index (χ2v) is 5.79. The minimum absolute atomic E-state index is 0.00240. The fourth-order valence-electron chi connectivity index (χ4n) is 3.23. The Hall–Kier alpha value is -1.18. The van der Waals surface area contributed by atoms with Gasteiger partial charge in [-0.1, -0.05) is 0 Å². The lowest BCUT2D eigenvalue weighted by Crippen LogP contribution is -2.56. The summed E-state index contributed by atoms with van der Waals surface area (Å²) in [6, 6.07) is -0.711. The number of rotatable bonds is 4. The van der Waals surface area contributed by atoms with E-state index in [0.717, 1.165) is 19.3 Å². The number of aliphatic carboxylic acids is 2. The number of carboxylic acids is 2. The Morgan fingerprint density at radius 2 is 1.90 bits per heavy atom. The highest BCUT2D eigenvalue weighted by molar-refractivity contribution is 5.74. The molecule has 0 aromatic heterocycles. The van der Waals surface area contributed by atoms with Gasteiger partial charge in [-0.25, -0.2) is 4.79 Å². The maximum Gasteiger partial charge on any atom is 0.333 e. The van der Waals surface area contributed by atoms with Gasteiger partial charge in [0.15, 0.2) is 6.10 Å². The van der Waals surface area contributed by atoms with Gasteiger partial charge in [0.05, 0.1) is 0 Å². The van der Waals surface area contributed by atoms with Crippen LogP contribution in [0.2, 0.25) is 0 Å². The lowest BCUT2D eigenvalue weighted by molar-refractivity contribution is -0.155. The molecular formula is C13H21NO6. The number of hydrogen-bond acceptors (Lipinski definition) is 5. The van der Waals surface area contributed by atoms with Gasteiger partial charge in [-0.2, -0.15) is 0 Å². The number of β-amino-alcohol motifs (C(OH)–C–C–N with tert-alkyl or cyclic N) is 1. The molecule has 2 saturated heterocycles.